The highest BCUT2D eigenvalue weighted by Gasteiger charge is 2.40. The molecule has 7 unspecified atom stereocenters. The zero-order chi connectivity index (χ0) is 30.7. The van der Waals surface area contributed by atoms with Gasteiger partial charge in [0.2, 0.25) is 0 Å². The Morgan fingerprint density at radius 1 is 0.651 bits per heavy atom. The topological polar surface area (TPSA) is 85.2 Å². The highest BCUT2D eigenvalue weighted by Crippen LogP contribution is 2.34. The third-order valence-corrected chi connectivity index (χ3v) is 9.98. The minimum atomic E-state index is -0.402. The van der Waals surface area contributed by atoms with Crippen LogP contribution in [0.15, 0.2) is 11.6 Å². The minimum Gasteiger partial charge on any atom is -0.455 e. The molecule has 3 aliphatic rings. The summed E-state index contributed by atoms with van der Waals surface area (Å²) in [5, 5.41) is 21.5. The molecular formula is C37H66O6. The van der Waals surface area contributed by atoms with Crippen molar-refractivity contribution >= 4 is 5.97 Å². The maximum Gasteiger partial charge on any atom is 0.334 e. The van der Waals surface area contributed by atoms with Gasteiger partial charge < -0.3 is 24.4 Å². The number of esters is 1. The van der Waals surface area contributed by atoms with Crippen LogP contribution in [0, 0.1) is 0 Å². The number of aliphatic hydroxyl groups excluding tert-OH is 2. The third kappa shape index (κ3) is 14.3. The van der Waals surface area contributed by atoms with Crippen LogP contribution < -0.4 is 0 Å². The largest absolute Gasteiger partial charge is 0.455 e. The maximum atomic E-state index is 11.7. The normalized spacial score (nSPS) is 27.0. The first-order valence-corrected chi connectivity index (χ1v) is 18.6. The SMILES string of the molecule is CCCCCCCCCCCCCCC(O)C1CCC(C2CCC(C(O)CCCCCCCCC3=CC(C)OC3=O)O2)O1. The molecule has 2 N–H and O–H groups in total. The summed E-state index contributed by atoms with van der Waals surface area (Å²) in [5.74, 6) is -0.139. The lowest BCUT2D eigenvalue weighted by Gasteiger charge is -2.24. The summed E-state index contributed by atoms with van der Waals surface area (Å²) in [7, 11) is 0. The molecule has 6 heteroatoms. The summed E-state index contributed by atoms with van der Waals surface area (Å²) in [6.45, 7) is 4.18. The van der Waals surface area contributed by atoms with Gasteiger partial charge in [0, 0.05) is 5.57 Å². The second-order valence-electron chi connectivity index (χ2n) is 13.9. The molecule has 0 spiro atoms. The van der Waals surface area contributed by atoms with E-state index in [4.69, 9.17) is 14.2 Å². The van der Waals surface area contributed by atoms with Crippen LogP contribution in [-0.4, -0.2) is 58.9 Å². The highest BCUT2D eigenvalue weighted by molar-refractivity contribution is 5.90. The number of unbranched alkanes of at least 4 members (excludes halogenated alkanes) is 16. The van der Waals surface area contributed by atoms with Gasteiger partial charge in [-0.1, -0.05) is 116 Å². The molecule has 0 saturated carbocycles. The lowest BCUT2D eigenvalue weighted by atomic mass is 10.00. The van der Waals surface area contributed by atoms with Crippen molar-refractivity contribution < 1.29 is 29.2 Å². The number of hydrogen-bond donors (Lipinski definition) is 2. The molecule has 2 fully saturated rings. The molecular weight excluding hydrogens is 540 g/mol. The molecule has 3 aliphatic heterocycles. The number of aliphatic hydroxyl groups is 2. The van der Waals surface area contributed by atoms with Crippen LogP contribution in [0.25, 0.3) is 0 Å². The first-order valence-electron chi connectivity index (χ1n) is 18.6. The van der Waals surface area contributed by atoms with Gasteiger partial charge in [-0.3, -0.25) is 0 Å². The van der Waals surface area contributed by atoms with Gasteiger partial charge in [0.25, 0.3) is 0 Å². The smallest absolute Gasteiger partial charge is 0.334 e. The first kappa shape index (κ1) is 36.5. The molecule has 0 amide bonds. The van der Waals surface area contributed by atoms with Gasteiger partial charge in [0.05, 0.1) is 36.6 Å². The van der Waals surface area contributed by atoms with E-state index in [1.807, 2.05) is 13.0 Å². The van der Waals surface area contributed by atoms with Gasteiger partial charge in [0.1, 0.15) is 6.10 Å². The van der Waals surface area contributed by atoms with Gasteiger partial charge in [-0.15, -0.1) is 0 Å². The standard InChI is InChI=1S/C37H66O6/c1-3-4-5-6-7-8-9-10-11-12-16-19-22-31(38)33-24-26-35(42-33)36-27-25-34(43-36)32(39)23-20-17-14-13-15-18-21-30-28-29(2)41-37(30)40/h28-29,31-36,38-39H,3-27H2,1-2H3. The summed E-state index contributed by atoms with van der Waals surface area (Å²) >= 11 is 0. The van der Waals surface area contributed by atoms with Crippen LogP contribution in [0.3, 0.4) is 0 Å². The lowest BCUT2D eigenvalue weighted by Crippen LogP contribution is -2.33. The second-order valence-corrected chi connectivity index (χ2v) is 13.9. The van der Waals surface area contributed by atoms with E-state index in [-0.39, 0.29) is 42.6 Å². The summed E-state index contributed by atoms with van der Waals surface area (Å²) in [6.07, 6.45) is 29.9. The van der Waals surface area contributed by atoms with Gasteiger partial charge in [0.15, 0.2) is 0 Å². The maximum absolute atomic E-state index is 11.7. The zero-order valence-corrected chi connectivity index (χ0v) is 27.8. The van der Waals surface area contributed by atoms with Crippen LogP contribution in [0.2, 0.25) is 0 Å². The van der Waals surface area contributed by atoms with Crippen molar-refractivity contribution in [3.05, 3.63) is 11.6 Å². The van der Waals surface area contributed by atoms with Crippen molar-refractivity contribution in [3.8, 4) is 0 Å². The zero-order valence-electron chi connectivity index (χ0n) is 27.8. The molecule has 0 aliphatic carbocycles. The summed E-state index contributed by atoms with van der Waals surface area (Å²) in [6, 6.07) is 0. The van der Waals surface area contributed by atoms with Crippen LogP contribution in [0.5, 0.6) is 0 Å². The highest BCUT2D eigenvalue weighted by atomic mass is 16.6. The molecule has 43 heavy (non-hydrogen) atoms. The van der Waals surface area contributed by atoms with E-state index >= 15 is 0 Å². The molecule has 0 radical (unpaired) electrons. The summed E-state index contributed by atoms with van der Waals surface area (Å²) in [5.41, 5.74) is 0.843. The van der Waals surface area contributed by atoms with E-state index in [1.165, 1.54) is 83.5 Å². The van der Waals surface area contributed by atoms with Crippen molar-refractivity contribution in [2.75, 3.05) is 0 Å². The average Bonchev–Trinajstić information content (AvgIpc) is 3.75. The van der Waals surface area contributed by atoms with Crippen molar-refractivity contribution in [2.45, 2.75) is 217 Å². The Kier molecular flexibility index (Phi) is 18.5. The molecule has 2 saturated heterocycles. The Bertz CT molecular complexity index is 768. The minimum absolute atomic E-state index is 0.0544. The van der Waals surface area contributed by atoms with E-state index in [2.05, 4.69) is 6.92 Å². The molecule has 0 aromatic carbocycles. The predicted octanol–water partition coefficient (Wildman–Crippen LogP) is 8.89. The van der Waals surface area contributed by atoms with Crippen LogP contribution >= 0.6 is 0 Å². The Labute approximate surface area is 263 Å². The predicted molar refractivity (Wildman–Crippen MR) is 174 cm³/mol. The van der Waals surface area contributed by atoms with E-state index in [9.17, 15) is 15.0 Å². The molecule has 3 rings (SSSR count). The fraction of sp³-hybridized carbons (Fsp3) is 0.919. The van der Waals surface area contributed by atoms with Crippen LogP contribution in [0.1, 0.15) is 174 Å². The number of hydrogen-bond acceptors (Lipinski definition) is 6. The van der Waals surface area contributed by atoms with Crippen LogP contribution in [0.4, 0.5) is 0 Å². The number of carbonyl (C=O) groups is 1. The molecule has 250 valence electrons. The van der Waals surface area contributed by atoms with E-state index < -0.39 is 6.10 Å². The number of ether oxygens (including phenoxy) is 3. The monoisotopic (exact) mass is 606 g/mol. The lowest BCUT2D eigenvalue weighted by molar-refractivity contribution is -0.139. The van der Waals surface area contributed by atoms with Crippen molar-refractivity contribution in [3.63, 3.8) is 0 Å². The van der Waals surface area contributed by atoms with E-state index in [1.54, 1.807) is 0 Å². The Morgan fingerprint density at radius 3 is 1.49 bits per heavy atom. The number of cyclic esters (lactones) is 1. The fourth-order valence-corrected chi connectivity index (χ4v) is 7.25. The Balaban J connectivity index is 1.14. The van der Waals surface area contributed by atoms with Crippen molar-refractivity contribution in [1.29, 1.82) is 0 Å². The summed E-state index contributed by atoms with van der Waals surface area (Å²) in [4.78, 5) is 11.7. The first-order chi connectivity index (χ1) is 21.0. The third-order valence-electron chi connectivity index (χ3n) is 9.98. The average molecular weight is 607 g/mol. The van der Waals surface area contributed by atoms with Gasteiger partial charge >= 0.3 is 5.97 Å². The Hall–Kier alpha value is -0.950. The molecule has 0 bridgehead atoms. The quantitative estimate of drug-likeness (QED) is 0.0797. The Morgan fingerprint density at radius 2 is 1.07 bits per heavy atom. The van der Waals surface area contributed by atoms with Gasteiger partial charge in [-0.05, 0) is 64.4 Å². The van der Waals surface area contributed by atoms with E-state index in [0.29, 0.717) is 0 Å². The van der Waals surface area contributed by atoms with E-state index in [0.717, 1.165) is 82.6 Å². The van der Waals surface area contributed by atoms with Crippen molar-refractivity contribution in [1.82, 2.24) is 0 Å². The number of carbonyl (C=O) groups excluding carboxylic acids is 1. The molecule has 0 aromatic rings. The summed E-state index contributed by atoms with van der Waals surface area (Å²) < 4.78 is 17.7. The molecule has 6 nitrogen and oxygen atoms in total. The van der Waals surface area contributed by atoms with Crippen LogP contribution in [-0.2, 0) is 19.0 Å². The van der Waals surface area contributed by atoms with Gasteiger partial charge in [-0.25, -0.2) is 4.79 Å². The van der Waals surface area contributed by atoms with Crippen molar-refractivity contribution in [2.24, 2.45) is 0 Å². The second kappa shape index (κ2) is 21.7. The molecule has 3 heterocycles. The molecule has 7 atom stereocenters. The van der Waals surface area contributed by atoms with Gasteiger partial charge in [-0.2, -0.15) is 0 Å². The molecule has 0 aromatic heterocycles. The fourth-order valence-electron chi connectivity index (χ4n) is 7.25. The number of rotatable bonds is 25.